The molecule has 1 saturated carbocycles. The van der Waals surface area contributed by atoms with E-state index in [9.17, 15) is 8.42 Å². The van der Waals surface area contributed by atoms with Crippen LogP contribution in [-0.4, -0.2) is 58.2 Å². The Bertz CT molecular complexity index is 1630. The van der Waals surface area contributed by atoms with Gasteiger partial charge in [0.25, 0.3) is 0 Å². The number of nitrogens with zero attached hydrogens (tertiary/aromatic N) is 6. The van der Waals surface area contributed by atoms with Gasteiger partial charge in [-0.1, -0.05) is 31.5 Å². The van der Waals surface area contributed by atoms with E-state index in [1.807, 2.05) is 17.1 Å². The quantitative estimate of drug-likeness (QED) is 0.317. The number of benzene rings is 1. The Kier molecular flexibility index (Phi) is 6.26. The van der Waals surface area contributed by atoms with E-state index in [4.69, 9.17) is 16.6 Å². The Morgan fingerprint density at radius 3 is 2.61 bits per heavy atom. The van der Waals surface area contributed by atoms with Gasteiger partial charge in [-0.2, -0.15) is 5.10 Å². The number of halogens is 1. The minimum atomic E-state index is -2.98. The zero-order valence-corrected chi connectivity index (χ0v) is 23.2. The van der Waals surface area contributed by atoms with Gasteiger partial charge in [-0.15, -0.1) is 0 Å². The van der Waals surface area contributed by atoms with Crippen molar-refractivity contribution in [2.75, 3.05) is 35.3 Å². The van der Waals surface area contributed by atoms with Gasteiger partial charge in [0.05, 0.1) is 17.4 Å². The van der Waals surface area contributed by atoms with Gasteiger partial charge >= 0.3 is 0 Å². The predicted molar refractivity (Wildman–Crippen MR) is 151 cm³/mol. The zero-order chi connectivity index (χ0) is 26.6. The van der Waals surface area contributed by atoms with Crippen LogP contribution in [0.4, 0.5) is 17.3 Å². The highest BCUT2D eigenvalue weighted by molar-refractivity contribution is 7.90. The van der Waals surface area contributed by atoms with Crippen molar-refractivity contribution in [3.05, 3.63) is 53.6 Å². The molecular formula is C27H30ClN7O2S. The lowest BCUT2D eigenvalue weighted by atomic mass is 9.93. The molecule has 11 heteroatoms. The summed E-state index contributed by atoms with van der Waals surface area (Å²) in [6.07, 6.45) is 9.04. The molecule has 9 nitrogen and oxygen atoms in total. The third-order valence-corrected chi connectivity index (χ3v) is 8.49. The van der Waals surface area contributed by atoms with Gasteiger partial charge < -0.3 is 10.2 Å². The molecule has 198 valence electrons. The Morgan fingerprint density at radius 2 is 1.89 bits per heavy atom. The molecule has 6 rings (SSSR count). The smallest absolute Gasteiger partial charge is 0.166 e. The molecule has 2 fully saturated rings. The van der Waals surface area contributed by atoms with Gasteiger partial charge in [0.15, 0.2) is 11.0 Å². The third-order valence-electron chi connectivity index (χ3n) is 7.13. The van der Waals surface area contributed by atoms with E-state index in [1.54, 1.807) is 12.3 Å². The SMILES string of the molecule is CC(C)c1ccc(N2CC(CS(C)(=O)=O)C2)c2cnc(Nc3ccnc(-c4cn(C5CC5)nc4Cl)n3)cc12. The van der Waals surface area contributed by atoms with E-state index in [2.05, 4.69) is 57.3 Å². The summed E-state index contributed by atoms with van der Waals surface area (Å²) in [7, 11) is -2.98. The molecule has 0 atom stereocenters. The lowest BCUT2D eigenvalue weighted by Gasteiger charge is -2.41. The first kappa shape index (κ1) is 25.1. The maximum atomic E-state index is 11.7. The normalized spacial score (nSPS) is 16.3. The summed E-state index contributed by atoms with van der Waals surface area (Å²) in [6, 6.07) is 8.58. The molecule has 1 aliphatic carbocycles. The van der Waals surface area contributed by atoms with E-state index < -0.39 is 9.84 Å². The van der Waals surface area contributed by atoms with Crippen molar-refractivity contribution in [3.8, 4) is 11.4 Å². The number of fused-ring (bicyclic) bond motifs is 1. The van der Waals surface area contributed by atoms with Gasteiger partial charge in [-0.25, -0.2) is 23.4 Å². The molecule has 4 heterocycles. The maximum Gasteiger partial charge on any atom is 0.166 e. The fourth-order valence-electron chi connectivity index (χ4n) is 5.13. The number of hydrogen-bond donors (Lipinski definition) is 1. The van der Waals surface area contributed by atoms with E-state index in [0.717, 1.165) is 42.4 Å². The van der Waals surface area contributed by atoms with Gasteiger partial charge in [-0.3, -0.25) is 4.68 Å². The monoisotopic (exact) mass is 551 g/mol. The first-order valence-electron chi connectivity index (χ1n) is 12.8. The first-order chi connectivity index (χ1) is 18.1. The topological polar surface area (TPSA) is 106 Å². The molecule has 1 aliphatic heterocycles. The second-order valence-electron chi connectivity index (χ2n) is 10.7. The van der Waals surface area contributed by atoms with Crippen LogP contribution in [0.1, 0.15) is 44.2 Å². The molecule has 38 heavy (non-hydrogen) atoms. The van der Waals surface area contributed by atoms with Crippen LogP contribution in [0.2, 0.25) is 5.15 Å². The van der Waals surface area contributed by atoms with E-state index >= 15 is 0 Å². The molecule has 2 aliphatic rings. The van der Waals surface area contributed by atoms with Crippen LogP contribution in [0.3, 0.4) is 0 Å². The lowest BCUT2D eigenvalue weighted by molar-refractivity contribution is 0.445. The number of sulfone groups is 1. The van der Waals surface area contributed by atoms with Gasteiger partial charge in [0.1, 0.15) is 21.5 Å². The van der Waals surface area contributed by atoms with Gasteiger partial charge in [0.2, 0.25) is 0 Å². The number of anilines is 3. The summed E-state index contributed by atoms with van der Waals surface area (Å²) in [5.74, 6) is 2.53. The molecule has 4 aromatic rings. The lowest BCUT2D eigenvalue weighted by Crippen LogP contribution is -2.49. The van der Waals surface area contributed by atoms with Crippen LogP contribution in [0.25, 0.3) is 22.2 Å². The molecule has 0 unspecified atom stereocenters. The third kappa shape index (κ3) is 5.07. The Labute approximate surface area is 227 Å². The summed E-state index contributed by atoms with van der Waals surface area (Å²) >= 11 is 6.40. The standard InChI is InChI=1S/C27H30ClN7O2S/c1-16(2)19-6-7-23(34-12-17(13-34)15-38(3,36)37)21-11-30-25(10-20(19)21)31-24-8-9-29-27(32-24)22-14-35(18-4-5-18)33-26(22)28/h6-11,14,16-18H,4-5,12-13,15H2,1-3H3,(H,29,30,31,32). The van der Waals surface area contributed by atoms with Gasteiger partial charge in [0, 0.05) is 54.9 Å². The maximum absolute atomic E-state index is 11.7. The van der Waals surface area contributed by atoms with Crippen LogP contribution in [0, 0.1) is 5.92 Å². The van der Waals surface area contributed by atoms with Crippen LogP contribution in [0.15, 0.2) is 42.9 Å². The molecule has 1 saturated heterocycles. The summed E-state index contributed by atoms with van der Waals surface area (Å²) in [5, 5.41) is 10.3. The molecule has 0 radical (unpaired) electrons. The van der Waals surface area contributed by atoms with Crippen molar-refractivity contribution in [2.45, 2.75) is 38.6 Å². The molecule has 0 spiro atoms. The largest absolute Gasteiger partial charge is 0.370 e. The van der Waals surface area contributed by atoms with Crippen LogP contribution in [-0.2, 0) is 9.84 Å². The average Bonchev–Trinajstić information content (AvgIpc) is 3.61. The summed E-state index contributed by atoms with van der Waals surface area (Å²) in [4.78, 5) is 16.0. The van der Waals surface area contributed by atoms with Crippen molar-refractivity contribution < 1.29 is 8.42 Å². The van der Waals surface area contributed by atoms with Crippen LogP contribution < -0.4 is 10.2 Å². The van der Waals surface area contributed by atoms with Crippen molar-refractivity contribution in [1.29, 1.82) is 0 Å². The second kappa shape index (κ2) is 9.50. The second-order valence-corrected chi connectivity index (χ2v) is 13.3. The molecule has 3 aromatic heterocycles. The predicted octanol–water partition coefficient (Wildman–Crippen LogP) is 5.22. The molecule has 0 bridgehead atoms. The highest BCUT2D eigenvalue weighted by atomic mass is 35.5. The molecule has 1 aromatic carbocycles. The summed E-state index contributed by atoms with van der Waals surface area (Å²) < 4.78 is 25.3. The first-order valence-corrected chi connectivity index (χ1v) is 15.3. The van der Waals surface area contributed by atoms with E-state index in [-0.39, 0.29) is 11.7 Å². The van der Waals surface area contributed by atoms with Gasteiger partial charge in [-0.05, 0) is 47.9 Å². The van der Waals surface area contributed by atoms with E-state index in [0.29, 0.717) is 40.1 Å². The molecule has 1 N–H and O–H groups in total. The number of aromatic nitrogens is 5. The van der Waals surface area contributed by atoms with Crippen molar-refractivity contribution in [3.63, 3.8) is 0 Å². The van der Waals surface area contributed by atoms with Crippen LogP contribution >= 0.6 is 11.6 Å². The highest BCUT2D eigenvalue weighted by Crippen LogP contribution is 2.38. The highest BCUT2D eigenvalue weighted by Gasteiger charge is 2.31. The van der Waals surface area contributed by atoms with E-state index in [1.165, 1.54) is 11.8 Å². The Balaban J connectivity index is 1.28. The number of rotatable bonds is 8. The fourth-order valence-corrected chi connectivity index (χ4v) is 6.42. The van der Waals surface area contributed by atoms with Crippen LogP contribution in [0.5, 0.6) is 0 Å². The van der Waals surface area contributed by atoms with Crippen molar-refractivity contribution in [1.82, 2.24) is 24.7 Å². The Morgan fingerprint density at radius 1 is 1.11 bits per heavy atom. The summed E-state index contributed by atoms with van der Waals surface area (Å²) in [5.41, 5.74) is 3.02. The molecular weight excluding hydrogens is 522 g/mol. The Hall–Kier alpha value is -3.24. The summed E-state index contributed by atoms with van der Waals surface area (Å²) in [6.45, 7) is 5.81. The molecule has 0 amide bonds. The van der Waals surface area contributed by atoms with Crippen molar-refractivity contribution in [2.24, 2.45) is 5.92 Å². The number of hydrogen-bond acceptors (Lipinski definition) is 8. The number of nitrogens with one attached hydrogen (secondary N) is 1. The minimum absolute atomic E-state index is 0.163. The fraction of sp³-hybridized carbons (Fsp3) is 0.407. The zero-order valence-electron chi connectivity index (χ0n) is 21.6. The van der Waals surface area contributed by atoms with Crippen molar-refractivity contribution >= 4 is 49.5 Å². The number of pyridine rings is 1. The minimum Gasteiger partial charge on any atom is -0.370 e. The average molecular weight is 552 g/mol.